The lowest BCUT2D eigenvalue weighted by Gasteiger charge is -2.11. The highest BCUT2D eigenvalue weighted by atomic mass is 16.3. The molecule has 0 radical (unpaired) electrons. The summed E-state index contributed by atoms with van der Waals surface area (Å²) in [5.41, 5.74) is 0. The van der Waals surface area contributed by atoms with Crippen LogP contribution in [0.25, 0.3) is 0 Å². The lowest BCUT2D eigenvalue weighted by molar-refractivity contribution is 0.125. The Kier molecular flexibility index (Phi) is 23.9. The van der Waals surface area contributed by atoms with E-state index in [0.29, 0.717) is 0 Å². The van der Waals surface area contributed by atoms with Crippen molar-refractivity contribution in [1.82, 2.24) is 5.32 Å². The number of rotatable bonds is 23. The van der Waals surface area contributed by atoms with Crippen LogP contribution >= 0.6 is 0 Å². The first-order chi connectivity index (χ1) is 13.3. The molecule has 1 unspecified atom stereocenters. The topological polar surface area (TPSA) is 32.3 Å². The minimum Gasteiger partial charge on any atom is -0.379 e. The van der Waals surface area contributed by atoms with Crippen molar-refractivity contribution >= 4 is 0 Å². The minimum atomic E-state index is -0.282. The Morgan fingerprint density at radius 2 is 0.815 bits per heavy atom. The molecule has 0 fully saturated rings. The van der Waals surface area contributed by atoms with Crippen molar-refractivity contribution in [3.05, 3.63) is 0 Å². The second-order valence-corrected chi connectivity index (χ2v) is 8.62. The van der Waals surface area contributed by atoms with E-state index in [4.69, 9.17) is 0 Å². The minimum absolute atomic E-state index is 0.282. The van der Waals surface area contributed by atoms with Crippen LogP contribution in [0.3, 0.4) is 0 Å². The number of hydrogen-bond donors (Lipinski definition) is 2. The molecule has 0 aromatic heterocycles. The molecule has 2 heteroatoms. The predicted octanol–water partition coefficient (Wildman–Crippen LogP) is 8.13. The second-order valence-electron chi connectivity index (χ2n) is 8.62. The van der Waals surface area contributed by atoms with Gasteiger partial charge in [-0.1, -0.05) is 129 Å². The molecular weight excluding hydrogens is 330 g/mol. The van der Waals surface area contributed by atoms with E-state index in [2.05, 4.69) is 19.2 Å². The van der Waals surface area contributed by atoms with Gasteiger partial charge in [0.25, 0.3) is 0 Å². The van der Waals surface area contributed by atoms with Gasteiger partial charge in [0.1, 0.15) is 6.23 Å². The van der Waals surface area contributed by atoms with Crippen LogP contribution in [0, 0.1) is 0 Å². The van der Waals surface area contributed by atoms with Crippen LogP contribution in [0.15, 0.2) is 0 Å². The molecule has 0 aromatic carbocycles. The number of aliphatic hydroxyl groups is 1. The Morgan fingerprint density at radius 3 is 1.15 bits per heavy atom. The molecule has 0 aliphatic heterocycles. The van der Waals surface area contributed by atoms with Gasteiger partial charge in [-0.05, 0) is 25.8 Å². The maximum absolute atomic E-state index is 9.71. The zero-order chi connectivity index (χ0) is 19.8. The summed E-state index contributed by atoms with van der Waals surface area (Å²) >= 11 is 0. The lowest BCUT2D eigenvalue weighted by Crippen LogP contribution is -2.29. The quantitative estimate of drug-likeness (QED) is 0.138. The van der Waals surface area contributed by atoms with Crippen molar-refractivity contribution in [2.75, 3.05) is 6.54 Å². The summed E-state index contributed by atoms with van der Waals surface area (Å²) in [7, 11) is 0. The third-order valence-corrected chi connectivity index (χ3v) is 5.71. The first-order valence-electron chi connectivity index (χ1n) is 12.7. The molecule has 0 saturated heterocycles. The third-order valence-electron chi connectivity index (χ3n) is 5.71. The van der Waals surface area contributed by atoms with Crippen LogP contribution in [0.5, 0.6) is 0 Å². The van der Waals surface area contributed by atoms with Gasteiger partial charge in [0.15, 0.2) is 0 Å². The van der Waals surface area contributed by atoms with Gasteiger partial charge in [0.05, 0.1) is 0 Å². The van der Waals surface area contributed by atoms with Crippen molar-refractivity contribution in [3.8, 4) is 0 Å². The molecular formula is C25H53NO. The monoisotopic (exact) mass is 383 g/mol. The van der Waals surface area contributed by atoms with E-state index >= 15 is 0 Å². The predicted molar refractivity (Wildman–Crippen MR) is 122 cm³/mol. The van der Waals surface area contributed by atoms with Crippen LogP contribution in [0.2, 0.25) is 0 Å². The summed E-state index contributed by atoms with van der Waals surface area (Å²) < 4.78 is 0. The smallest absolute Gasteiger partial charge is 0.104 e. The molecule has 0 aliphatic rings. The van der Waals surface area contributed by atoms with E-state index in [-0.39, 0.29) is 6.23 Å². The fourth-order valence-electron chi connectivity index (χ4n) is 3.83. The van der Waals surface area contributed by atoms with E-state index in [0.717, 1.165) is 25.8 Å². The van der Waals surface area contributed by atoms with E-state index in [9.17, 15) is 5.11 Å². The number of nitrogens with one attached hydrogen (secondary N) is 1. The molecule has 0 spiro atoms. The molecule has 0 aromatic rings. The van der Waals surface area contributed by atoms with Crippen molar-refractivity contribution < 1.29 is 5.11 Å². The highest BCUT2D eigenvalue weighted by Crippen LogP contribution is 2.14. The highest BCUT2D eigenvalue weighted by molar-refractivity contribution is 4.54. The first kappa shape index (κ1) is 26.9. The third kappa shape index (κ3) is 23.9. The van der Waals surface area contributed by atoms with E-state index in [1.165, 1.54) is 116 Å². The Hall–Kier alpha value is -0.0800. The molecule has 2 N–H and O–H groups in total. The molecule has 0 rings (SSSR count). The van der Waals surface area contributed by atoms with Crippen molar-refractivity contribution in [3.63, 3.8) is 0 Å². The Bertz CT molecular complexity index is 257. The maximum atomic E-state index is 9.71. The van der Waals surface area contributed by atoms with Crippen molar-refractivity contribution in [1.29, 1.82) is 0 Å². The van der Waals surface area contributed by atoms with Crippen molar-refractivity contribution in [2.45, 2.75) is 155 Å². The molecule has 164 valence electrons. The largest absolute Gasteiger partial charge is 0.379 e. The van der Waals surface area contributed by atoms with Gasteiger partial charge >= 0.3 is 0 Å². The zero-order valence-electron chi connectivity index (χ0n) is 19.1. The summed E-state index contributed by atoms with van der Waals surface area (Å²) in [6.45, 7) is 5.36. The summed E-state index contributed by atoms with van der Waals surface area (Å²) in [4.78, 5) is 0. The van der Waals surface area contributed by atoms with Gasteiger partial charge in [-0.2, -0.15) is 0 Å². The Labute approximate surface area is 172 Å². The van der Waals surface area contributed by atoms with E-state index < -0.39 is 0 Å². The highest BCUT2D eigenvalue weighted by Gasteiger charge is 2.01. The van der Waals surface area contributed by atoms with Gasteiger partial charge in [-0.25, -0.2) is 0 Å². The van der Waals surface area contributed by atoms with E-state index in [1.807, 2.05) is 0 Å². The van der Waals surface area contributed by atoms with Gasteiger partial charge in [-0.15, -0.1) is 0 Å². The van der Waals surface area contributed by atoms with Crippen molar-refractivity contribution in [2.24, 2.45) is 0 Å². The van der Waals surface area contributed by atoms with Crippen LogP contribution in [-0.2, 0) is 0 Å². The fourth-order valence-corrected chi connectivity index (χ4v) is 3.83. The average Bonchev–Trinajstić information content (AvgIpc) is 2.68. The van der Waals surface area contributed by atoms with Crippen LogP contribution < -0.4 is 5.32 Å². The SMILES string of the molecule is CCCCCCCCCCCCCCCCCCCCCC(O)NCCC. The average molecular weight is 384 g/mol. The van der Waals surface area contributed by atoms with Gasteiger partial charge < -0.3 is 5.11 Å². The van der Waals surface area contributed by atoms with Gasteiger partial charge in [-0.3, -0.25) is 5.32 Å². The number of hydrogen-bond acceptors (Lipinski definition) is 2. The molecule has 0 saturated carbocycles. The standard InChI is InChI=1S/C25H53NO/c1-3-5-6-7-8-9-10-11-12-13-14-15-16-17-18-19-20-21-22-23-25(27)26-24-4-2/h25-27H,3-24H2,1-2H3. The Morgan fingerprint density at radius 1 is 0.481 bits per heavy atom. The van der Waals surface area contributed by atoms with Crippen LogP contribution in [-0.4, -0.2) is 17.9 Å². The molecule has 0 amide bonds. The molecule has 27 heavy (non-hydrogen) atoms. The van der Waals surface area contributed by atoms with Crippen LogP contribution in [0.4, 0.5) is 0 Å². The Balaban J connectivity index is 3.03. The summed E-state index contributed by atoms with van der Waals surface area (Å²) in [5, 5.41) is 12.9. The normalized spacial score (nSPS) is 12.6. The molecule has 2 nitrogen and oxygen atoms in total. The maximum Gasteiger partial charge on any atom is 0.104 e. The molecule has 0 aliphatic carbocycles. The van der Waals surface area contributed by atoms with Gasteiger partial charge in [0, 0.05) is 0 Å². The molecule has 0 bridgehead atoms. The molecule has 1 atom stereocenters. The first-order valence-corrected chi connectivity index (χ1v) is 12.7. The van der Waals surface area contributed by atoms with Crippen LogP contribution in [0.1, 0.15) is 149 Å². The fraction of sp³-hybridized carbons (Fsp3) is 1.00. The van der Waals surface area contributed by atoms with E-state index in [1.54, 1.807) is 0 Å². The molecule has 0 heterocycles. The second kappa shape index (κ2) is 24.0. The zero-order valence-corrected chi connectivity index (χ0v) is 19.1. The number of aliphatic hydroxyl groups excluding tert-OH is 1. The van der Waals surface area contributed by atoms with Gasteiger partial charge in [0.2, 0.25) is 0 Å². The number of unbranched alkanes of at least 4 members (excludes halogenated alkanes) is 18. The summed E-state index contributed by atoms with van der Waals surface area (Å²) in [5.74, 6) is 0. The summed E-state index contributed by atoms with van der Waals surface area (Å²) in [6, 6.07) is 0. The lowest BCUT2D eigenvalue weighted by atomic mass is 10.0. The summed E-state index contributed by atoms with van der Waals surface area (Å²) in [6.07, 6.45) is 28.6.